The van der Waals surface area contributed by atoms with E-state index in [2.05, 4.69) is 5.32 Å². The number of benzene rings is 3. The van der Waals surface area contributed by atoms with Gasteiger partial charge >= 0.3 is 11.9 Å². The quantitative estimate of drug-likeness (QED) is 0.0659. The van der Waals surface area contributed by atoms with E-state index in [1.165, 1.54) is 48.6 Å². The number of amides is 1. The van der Waals surface area contributed by atoms with Gasteiger partial charge in [-0.25, -0.2) is 9.59 Å². The van der Waals surface area contributed by atoms with Gasteiger partial charge in [0.15, 0.2) is 23.0 Å². The fourth-order valence-corrected chi connectivity index (χ4v) is 5.10. The van der Waals surface area contributed by atoms with Crippen LogP contribution in [0, 0.1) is 0 Å². The van der Waals surface area contributed by atoms with E-state index >= 15 is 0 Å². The largest absolute Gasteiger partial charge is 0.504 e. The van der Waals surface area contributed by atoms with Gasteiger partial charge in [-0.15, -0.1) is 0 Å². The van der Waals surface area contributed by atoms with Gasteiger partial charge in [0.25, 0.3) is 5.91 Å². The van der Waals surface area contributed by atoms with Gasteiger partial charge in [-0.1, -0.05) is 42.5 Å². The number of aromatic hydroxyl groups is 4. The zero-order valence-corrected chi connectivity index (χ0v) is 25.4. The fourth-order valence-electron chi connectivity index (χ4n) is 5.10. The molecule has 0 aromatic heterocycles. The lowest BCUT2D eigenvalue weighted by molar-refractivity contribution is -0.196. The van der Waals surface area contributed by atoms with Crippen molar-refractivity contribution in [3.05, 3.63) is 95.6 Å². The predicted octanol–water partition coefficient (Wildman–Crippen LogP) is 3.08. The average Bonchev–Trinajstić information content (AvgIpc) is 3.04. The number of hydrogen-bond acceptors (Lipinski definition) is 11. The Morgan fingerprint density at radius 2 is 1.26 bits per heavy atom. The third-order valence-corrected chi connectivity index (χ3v) is 7.64. The van der Waals surface area contributed by atoms with Crippen molar-refractivity contribution in [3.8, 4) is 23.0 Å². The van der Waals surface area contributed by atoms with E-state index in [0.717, 1.165) is 30.6 Å². The molecule has 3 aromatic rings. The minimum absolute atomic E-state index is 0.246. The first-order chi connectivity index (χ1) is 22.4. The summed E-state index contributed by atoms with van der Waals surface area (Å²) in [4.78, 5) is 38.6. The van der Waals surface area contributed by atoms with Crippen molar-refractivity contribution in [1.29, 1.82) is 0 Å². The van der Waals surface area contributed by atoms with E-state index in [1.54, 1.807) is 0 Å². The third kappa shape index (κ3) is 9.83. The number of hydrogen-bond donors (Lipinski definition) is 7. The Hall–Kier alpha value is -5.33. The van der Waals surface area contributed by atoms with Gasteiger partial charge in [0.2, 0.25) is 0 Å². The molecule has 248 valence electrons. The molecule has 0 heterocycles. The fraction of sp³-hybridized carbons (Fsp3) is 0.286. The van der Waals surface area contributed by atoms with Crippen molar-refractivity contribution >= 4 is 30.0 Å². The van der Waals surface area contributed by atoms with Crippen LogP contribution in [0.2, 0.25) is 0 Å². The maximum Gasteiger partial charge on any atom is 0.331 e. The number of phenols is 4. The molecule has 12 heteroatoms. The predicted molar refractivity (Wildman–Crippen MR) is 170 cm³/mol. The molecule has 1 aliphatic rings. The van der Waals surface area contributed by atoms with Crippen LogP contribution in [0.5, 0.6) is 23.0 Å². The molecule has 0 saturated heterocycles. The van der Waals surface area contributed by atoms with Crippen LogP contribution in [0.3, 0.4) is 0 Å². The van der Waals surface area contributed by atoms with Gasteiger partial charge in [0.05, 0.1) is 0 Å². The van der Waals surface area contributed by atoms with E-state index in [9.17, 15) is 45.0 Å². The van der Waals surface area contributed by atoms with Crippen LogP contribution >= 0.6 is 0 Å². The molecule has 1 saturated carbocycles. The molecule has 2 unspecified atom stereocenters. The summed E-state index contributed by atoms with van der Waals surface area (Å²) in [5.74, 6) is -4.19. The van der Waals surface area contributed by atoms with Gasteiger partial charge < -0.3 is 45.4 Å². The molecular weight excluding hydrogens is 610 g/mol. The second-order valence-corrected chi connectivity index (χ2v) is 11.2. The molecule has 47 heavy (non-hydrogen) atoms. The van der Waals surface area contributed by atoms with Crippen LogP contribution < -0.4 is 5.32 Å². The van der Waals surface area contributed by atoms with Crippen molar-refractivity contribution in [2.75, 3.05) is 6.54 Å². The number of aliphatic hydroxyl groups is 2. The highest BCUT2D eigenvalue weighted by Crippen LogP contribution is 2.34. The SMILES string of the molecule is O=C(C=Cc1ccc(O)c(O)c1)O[C@@H]1CC(O)(C(=O)NCCCCc2ccccc2)C[C@@H](OC(=O)/C=C/c2ccc(O)c(O)c2)C1O. The summed E-state index contributed by atoms with van der Waals surface area (Å²) in [5, 5.41) is 63.5. The lowest BCUT2D eigenvalue weighted by Gasteiger charge is -2.41. The minimum Gasteiger partial charge on any atom is -0.504 e. The van der Waals surface area contributed by atoms with E-state index in [1.807, 2.05) is 30.3 Å². The summed E-state index contributed by atoms with van der Waals surface area (Å²) in [7, 11) is 0. The third-order valence-electron chi connectivity index (χ3n) is 7.64. The normalized spacial score (nSPS) is 21.0. The molecule has 4 atom stereocenters. The number of phenolic OH excluding ortho intramolecular Hbond substituents is 4. The molecule has 12 nitrogen and oxygen atoms in total. The Balaban J connectivity index is 1.44. The van der Waals surface area contributed by atoms with Crippen molar-refractivity contribution in [2.24, 2.45) is 0 Å². The van der Waals surface area contributed by atoms with Crippen molar-refractivity contribution in [1.82, 2.24) is 5.32 Å². The van der Waals surface area contributed by atoms with Crippen LogP contribution in [0.15, 0.2) is 78.9 Å². The Labute approximate surface area is 270 Å². The smallest absolute Gasteiger partial charge is 0.331 e. The maximum atomic E-state index is 13.2. The van der Waals surface area contributed by atoms with Gasteiger partial charge in [-0.05, 0) is 72.4 Å². The van der Waals surface area contributed by atoms with Crippen LogP contribution in [0.4, 0.5) is 0 Å². The number of nitrogens with one attached hydrogen (secondary N) is 1. The Morgan fingerprint density at radius 3 is 1.74 bits per heavy atom. The standard InChI is InChI=1S/C35H37NO11/c37-25-13-9-23(18-27(25)39)11-15-31(41)46-29-20-35(45,34(44)36-17-5-4-8-22-6-2-1-3-7-22)21-30(33(29)43)47-32(42)16-12-24-10-14-26(38)28(40)19-24/h1-3,6-7,9-16,18-19,29-30,33,37-40,43,45H,4-5,8,17,20-21H2,(H,36,44)/b15-11+,16-12?/t29-,30-,33?,35?/m1/s1. The van der Waals surface area contributed by atoms with Crippen molar-refractivity contribution in [2.45, 2.75) is 56.0 Å². The second kappa shape index (κ2) is 15.8. The second-order valence-electron chi connectivity index (χ2n) is 11.2. The van der Waals surface area contributed by atoms with Gasteiger partial charge in [0.1, 0.15) is 23.9 Å². The molecule has 4 rings (SSSR count). The van der Waals surface area contributed by atoms with Crippen LogP contribution in [0.25, 0.3) is 12.2 Å². The molecule has 1 aliphatic carbocycles. The number of carbonyl (C=O) groups is 3. The highest BCUT2D eigenvalue weighted by Gasteiger charge is 2.52. The lowest BCUT2D eigenvalue weighted by Crippen LogP contribution is -2.60. The van der Waals surface area contributed by atoms with Crippen LogP contribution in [-0.2, 0) is 30.3 Å². The summed E-state index contributed by atoms with van der Waals surface area (Å²) in [5.41, 5.74) is -0.316. The Bertz CT molecular complexity index is 1530. The topological polar surface area (TPSA) is 203 Å². The zero-order chi connectivity index (χ0) is 34.0. The number of unbranched alkanes of at least 4 members (excludes halogenated alkanes) is 1. The first-order valence-electron chi connectivity index (χ1n) is 15.0. The molecular formula is C35H37NO11. The Morgan fingerprint density at radius 1 is 0.745 bits per heavy atom. The van der Waals surface area contributed by atoms with E-state index in [4.69, 9.17) is 9.47 Å². The summed E-state index contributed by atoms with van der Waals surface area (Å²) in [6.45, 7) is 0.246. The molecule has 7 N–H and O–H groups in total. The summed E-state index contributed by atoms with van der Waals surface area (Å²) in [6, 6.07) is 17.6. The van der Waals surface area contributed by atoms with Crippen LogP contribution in [0.1, 0.15) is 42.4 Å². The van der Waals surface area contributed by atoms with Gasteiger partial charge in [-0.3, -0.25) is 4.79 Å². The lowest BCUT2D eigenvalue weighted by atomic mass is 9.78. The highest BCUT2D eigenvalue weighted by atomic mass is 16.6. The van der Waals surface area contributed by atoms with E-state index < -0.39 is 66.1 Å². The van der Waals surface area contributed by atoms with Crippen LogP contribution in [-0.4, -0.2) is 78.9 Å². The number of carbonyl (C=O) groups excluding carboxylic acids is 3. The highest BCUT2D eigenvalue weighted by molar-refractivity contribution is 5.89. The number of aliphatic hydroxyl groups excluding tert-OH is 1. The van der Waals surface area contributed by atoms with Crippen molar-refractivity contribution in [3.63, 3.8) is 0 Å². The monoisotopic (exact) mass is 647 g/mol. The summed E-state index contributed by atoms with van der Waals surface area (Å²) >= 11 is 0. The number of esters is 2. The first-order valence-corrected chi connectivity index (χ1v) is 15.0. The molecule has 0 bridgehead atoms. The molecule has 1 amide bonds. The number of ether oxygens (including phenoxy) is 2. The maximum absolute atomic E-state index is 13.2. The number of aryl methyl sites for hydroxylation is 1. The molecule has 0 radical (unpaired) electrons. The molecule has 1 fully saturated rings. The molecule has 0 spiro atoms. The Kier molecular flexibility index (Phi) is 11.6. The number of rotatable bonds is 12. The molecule has 0 aliphatic heterocycles. The molecule has 3 aromatic carbocycles. The average molecular weight is 648 g/mol. The minimum atomic E-state index is -2.17. The van der Waals surface area contributed by atoms with E-state index in [0.29, 0.717) is 17.5 Å². The van der Waals surface area contributed by atoms with E-state index in [-0.39, 0.29) is 18.0 Å². The zero-order valence-electron chi connectivity index (χ0n) is 25.4. The first kappa shape index (κ1) is 34.5. The van der Waals surface area contributed by atoms with Gasteiger partial charge in [-0.2, -0.15) is 0 Å². The summed E-state index contributed by atoms with van der Waals surface area (Å²) in [6.07, 6.45) is 1.26. The van der Waals surface area contributed by atoms with Gasteiger partial charge in [0, 0.05) is 31.5 Å². The summed E-state index contributed by atoms with van der Waals surface area (Å²) < 4.78 is 10.8. The van der Waals surface area contributed by atoms with Crippen molar-refractivity contribution < 1.29 is 54.5 Å².